The van der Waals surface area contributed by atoms with Crippen molar-refractivity contribution in [3.8, 4) is 0 Å². The highest BCUT2D eigenvalue weighted by molar-refractivity contribution is 5.69. The summed E-state index contributed by atoms with van der Waals surface area (Å²) < 4.78 is 39.7. The molecule has 0 heterocycles. The maximum Gasteiger partial charge on any atom is 0.304 e. The first kappa shape index (κ1) is 12.5. The number of carboxylic acid groups (broad SMARTS) is 1. The van der Waals surface area contributed by atoms with E-state index in [1.165, 1.54) is 13.8 Å². The topological polar surface area (TPSA) is 37.3 Å². The molecule has 0 atom stereocenters. The van der Waals surface area contributed by atoms with Crippen LogP contribution in [0.3, 0.4) is 0 Å². The van der Waals surface area contributed by atoms with Crippen LogP contribution in [0.4, 0.5) is 13.2 Å². The molecule has 2 nitrogen and oxygen atoms in total. The van der Waals surface area contributed by atoms with Gasteiger partial charge in [-0.2, -0.15) is 0 Å². The molecule has 16 heavy (non-hydrogen) atoms. The number of hydrogen-bond acceptors (Lipinski definition) is 1. The zero-order valence-corrected chi connectivity index (χ0v) is 8.85. The van der Waals surface area contributed by atoms with E-state index in [9.17, 15) is 18.0 Å². The molecule has 0 amide bonds. The molecule has 0 bridgehead atoms. The molecule has 0 spiro atoms. The van der Waals surface area contributed by atoms with Crippen molar-refractivity contribution >= 4 is 5.97 Å². The van der Waals surface area contributed by atoms with Crippen LogP contribution in [0, 0.1) is 17.5 Å². The predicted molar refractivity (Wildman–Crippen MR) is 51.6 cm³/mol. The number of aliphatic carboxylic acids is 1. The lowest BCUT2D eigenvalue weighted by atomic mass is 9.81. The smallest absolute Gasteiger partial charge is 0.304 e. The Balaban J connectivity index is 3.31. The van der Waals surface area contributed by atoms with Crippen molar-refractivity contribution in [3.63, 3.8) is 0 Å². The number of halogens is 3. The van der Waals surface area contributed by atoms with Crippen molar-refractivity contribution in [3.05, 3.63) is 35.1 Å². The number of rotatable bonds is 3. The van der Waals surface area contributed by atoms with Gasteiger partial charge < -0.3 is 5.11 Å². The van der Waals surface area contributed by atoms with Crippen LogP contribution >= 0.6 is 0 Å². The van der Waals surface area contributed by atoms with E-state index in [2.05, 4.69) is 0 Å². The van der Waals surface area contributed by atoms with E-state index in [0.717, 1.165) is 6.07 Å². The predicted octanol–water partition coefficient (Wildman–Crippen LogP) is 2.86. The monoisotopic (exact) mass is 232 g/mol. The van der Waals surface area contributed by atoms with Gasteiger partial charge in [0.15, 0.2) is 11.6 Å². The second-order valence-electron chi connectivity index (χ2n) is 4.17. The van der Waals surface area contributed by atoms with E-state index in [1.54, 1.807) is 0 Å². The van der Waals surface area contributed by atoms with Gasteiger partial charge >= 0.3 is 5.97 Å². The number of carboxylic acids is 1. The molecule has 0 saturated carbocycles. The fraction of sp³-hybridized carbons (Fsp3) is 0.364. The molecule has 5 heteroatoms. The first-order valence-corrected chi connectivity index (χ1v) is 4.61. The summed E-state index contributed by atoms with van der Waals surface area (Å²) in [6, 6.07) is 1.46. The summed E-state index contributed by atoms with van der Waals surface area (Å²) in [4.78, 5) is 10.6. The van der Waals surface area contributed by atoms with Gasteiger partial charge in [-0.25, -0.2) is 13.2 Å². The van der Waals surface area contributed by atoms with Crippen LogP contribution in [-0.2, 0) is 10.2 Å². The maximum atomic E-state index is 13.4. The zero-order valence-electron chi connectivity index (χ0n) is 8.85. The van der Waals surface area contributed by atoms with Crippen LogP contribution in [0.15, 0.2) is 12.1 Å². The number of benzene rings is 1. The van der Waals surface area contributed by atoms with Gasteiger partial charge in [0.25, 0.3) is 0 Å². The van der Waals surface area contributed by atoms with E-state index in [-0.39, 0.29) is 0 Å². The summed E-state index contributed by atoms with van der Waals surface area (Å²) in [6.07, 6.45) is -0.482. The second-order valence-corrected chi connectivity index (χ2v) is 4.17. The molecule has 1 aromatic carbocycles. The van der Waals surface area contributed by atoms with Gasteiger partial charge in [-0.1, -0.05) is 13.8 Å². The van der Waals surface area contributed by atoms with Crippen LogP contribution in [0.25, 0.3) is 0 Å². The standard InChI is InChI=1S/C11H11F3O2/c1-11(2,5-8(15)16)9-6(12)3-4-7(13)10(9)14/h3-4H,5H2,1-2H3,(H,15,16). The minimum atomic E-state index is -1.33. The molecule has 1 rings (SSSR count). The fourth-order valence-electron chi connectivity index (χ4n) is 1.61. The van der Waals surface area contributed by atoms with Crippen molar-refractivity contribution in [1.82, 2.24) is 0 Å². The van der Waals surface area contributed by atoms with Crippen LogP contribution in [0.2, 0.25) is 0 Å². The molecule has 0 radical (unpaired) electrons. The Morgan fingerprint density at radius 2 is 1.75 bits per heavy atom. The summed E-state index contributed by atoms with van der Waals surface area (Å²) in [5.41, 5.74) is -1.84. The average Bonchev–Trinajstić information content (AvgIpc) is 2.09. The first-order chi connectivity index (χ1) is 7.25. The molecule has 0 saturated heterocycles. The molecule has 0 aliphatic rings. The highest BCUT2D eigenvalue weighted by Crippen LogP contribution is 2.32. The lowest BCUT2D eigenvalue weighted by Crippen LogP contribution is -2.25. The Kier molecular flexibility index (Phi) is 3.26. The molecule has 0 aliphatic heterocycles. The van der Waals surface area contributed by atoms with Gasteiger partial charge in [-0.05, 0) is 12.1 Å². The van der Waals surface area contributed by atoms with Crippen molar-refractivity contribution in [1.29, 1.82) is 0 Å². The summed E-state index contributed by atoms with van der Waals surface area (Å²) in [5, 5.41) is 8.62. The zero-order chi connectivity index (χ0) is 12.5. The Hall–Kier alpha value is -1.52. The summed E-state index contributed by atoms with van der Waals surface area (Å²) >= 11 is 0. The molecule has 0 unspecified atom stereocenters. The van der Waals surface area contributed by atoms with Gasteiger partial charge in [0.2, 0.25) is 0 Å². The van der Waals surface area contributed by atoms with Gasteiger partial charge in [0.1, 0.15) is 5.82 Å². The normalized spacial score (nSPS) is 11.6. The molecule has 1 aromatic rings. The van der Waals surface area contributed by atoms with Crippen LogP contribution in [0.1, 0.15) is 25.8 Å². The van der Waals surface area contributed by atoms with Crippen molar-refractivity contribution in [2.75, 3.05) is 0 Å². The van der Waals surface area contributed by atoms with E-state index in [1.807, 2.05) is 0 Å². The highest BCUT2D eigenvalue weighted by atomic mass is 19.2. The van der Waals surface area contributed by atoms with Gasteiger partial charge in [0, 0.05) is 11.0 Å². The summed E-state index contributed by atoms with van der Waals surface area (Å²) in [6.45, 7) is 2.70. The molecular weight excluding hydrogens is 221 g/mol. The van der Waals surface area contributed by atoms with Crippen molar-refractivity contribution in [2.45, 2.75) is 25.7 Å². The van der Waals surface area contributed by atoms with Crippen molar-refractivity contribution in [2.24, 2.45) is 0 Å². The largest absolute Gasteiger partial charge is 0.481 e. The third-order valence-electron chi connectivity index (χ3n) is 2.31. The Morgan fingerprint density at radius 1 is 1.25 bits per heavy atom. The van der Waals surface area contributed by atoms with Crippen LogP contribution < -0.4 is 0 Å². The number of carbonyl (C=O) groups is 1. The minimum Gasteiger partial charge on any atom is -0.481 e. The molecular formula is C11H11F3O2. The molecule has 1 N–H and O–H groups in total. The minimum absolute atomic E-state index is 0.482. The molecule has 0 aromatic heterocycles. The first-order valence-electron chi connectivity index (χ1n) is 4.61. The molecule has 0 fully saturated rings. The van der Waals surface area contributed by atoms with E-state index >= 15 is 0 Å². The lowest BCUT2D eigenvalue weighted by Gasteiger charge is -2.24. The lowest BCUT2D eigenvalue weighted by molar-refractivity contribution is -0.138. The van der Waals surface area contributed by atoms with Gasteiger partial charge in [-0.3, -0.25) is 4.79 Å². The highest BCUT2D eigenvalue weighted by Gasteiger charge is 2.31. The molecule has 0 aliphatic carbocycles. The second kappa shape index (κ2) is 4.15. The van der Waals surface area contributed by atoms with Gasteiger partial charge in [0.05, 0.1) is 6.42 Å². The molecule has 88 valence electrons. The van der Waals surface area contributed by atoms with Crippen LogP contribution in [-0.4, -0.2) is 11.1 Å². The quantitative estimate of drug-likeness (QED) is 0.813. The van der Waals surface area contributed by atoms with Crippen molar-refractivity contribution < 1.29 is 23.1 Å². The Morgan fingerprint density at radius 3 is 2.25 bits per heavy atom. The van der Waals surface area contributed by atoms with E-state index < -0.39 is 40.8 Å². The Labute approximate surface area is 90.7 Å². The fourth-order valence-corrected chi connectivity index (χ4v) is 1.61. The van der Waals surface area contributed by atoms with Gasteiger partial charge in [-0.15, -0.1) is 0 Å². The Bertz CT molecular complexity index is 427. The average molecular weight is 232 g/mol. The van der Waals surface area contributed by atoms with E-state index in [4.69, 9.17) is 5.11 Å². The third-order valence-corrected chi connectivity index (χ3v) is 2.31. The third kappa shape index (κ3) is 2.35. The summed E-state index contributed by atoms with van der Waals surface area (Å²) in [5.74, 6) is -4.65. The number of hydrogen-bond donors (Lipinski definition) is 1. The maximum absolute atomic E-state index is 13.4. The van der Waals surface area contributed by atoms with Crippen LogP contribution in [0.5, 0.6) is 0 Å². The summed E-state index contributed by atoms with van der Waals surface area (Å²) in [7, 11) is 0. The van der Waals surface area contributed by atoms with E-state index in [0.29, 0.717) is 6.07 Å². The SMILES string of the molecule is CC(C)(CC(=O)O)c1c(F)ccc(F)c1F.